The van der Waals surface area contributed by atoms with Gasteiger partial charge in [-0.2, -0.15) is 0 Å². The Balaban J connectivity index is 1.36. The number of carbonyl (C=O) groups is 1. The number of fused-ring (bicyclic) bond motifs is 3. The molecule has 5 aliphatic rings. The highest BCUT2D eigenvalue weighted by Crippen LogP contribution is 2.61. The van der Waals surface area contributed by atoms with Crippen molar-refractivity contribution in [2.75, 3.05) is 0 Å². The molecule has 1 aromatic heterocycles. The monoisotopic (exact) mass is 366 g/mol. The molecule has 7 rings (SSSR count). The summed E-state index contributed by atoms with van der Waals surface area (Å²) in [5.74, 6) is 1.14. The van der Waals surface area contributed by atoms with Crippen molar-refractivity contribution in [3.63, 3.8) is 0 Å². The van der Waals surface area contributed by atoms with E-state index in [-0.39, 0.29) is 41.0 Å². The van der Waals surface area contributed by atoms with Gasteiger partial charge in [-0.1, -0.05) is 12.1 Å². The van der Waals surface area contributed by atoms with E-state index in [1.807, 2.05) is 10.6 Å². The van der Waals surface area contributed by atoms with Crippen molar-refractivity contribution >= 4 is 5.78 Å². The van der Waals surface area contributed by atoms with Crippen LogP contribution < -0.4 is 0 Å². The predicted octanol–water partition coefficient (Wildman–Crippen LogP) is 3.74. The van der Waals surface area contributed by atoms with Gasteiger partial charge < -0.3 is 9.67 Å². The van der Waals surface area contributed by atoms with Crippen LogP contribution in [0.5, 0.6) is 0 Å². The van der Waals surface area contributed by atoms with Crippen LogP contribution in [0.2, 0.25) is 0 Å². The molecule has 0 radical (unpaired) electrons. The summed E-state index contributed by atoms with van der Waals surface area (Å²) in [6, 6.07) is 4.81. The molecule has 1 aromatic carbocycles. The number of aliphatic hydroxyl groups is 1. The summed E-state index contributed by atoms with van der Waals surface area (Å²) in [7, 11) is 0. The van der Waals surface area contributed by atoms with Crippen molar-refractivity contribution in [2.24, 2.45) is 23.2 Å². The molecule has 3 unspecified atom stereocenters. The largest absolute Gasteiger partial charge is 0.393 e. The third-order valence-corrected chi connectivity index (χ3v) is 7.86. The number of rotatable bonds is 3. The maximum Gasteiger partial charge on any atom is 0.141 e. The highest BCUT2D eigenvalue weighted by molar-refractivity contribution is 5.87. The van der Waals surface area contributed by atoms with Crippen LogP contribution in [0.25, 0.3) is 11.3 Å². The van der Waals surface area contributed by atoms with Gasteiger partial charge in [0, 0.05) is 23.0 Å². The molecule has 1 N–H and O–H groups in total. The molecule has 0 amide bonds. The molecule has 2 heterocycles. The Hall–Kier alpha value is -2.01. The summed E-state index contributed by atoms with van der Waals surface area (Å²) >= 11 is 0. The van der Waals surface area contributed by atoms with Gasteiger partial charge in [0.1, 0.15) is 11.6 Å². The van der Waals surface area contributed by atoms with Gasteiger partial charge in [0.05, 0.1) is 30.4 Å². The Morgan fingerprint density at radius 2 is 2.04 bits per heavy atom. The molecule has 4 nitrogen and oxygen atoms in total. The molecule has 4 bridgehead atoms. The number of aliphatic hydroxyl groups excluding tert-OH is 1. The average molecular weight is 366 g/mol. The third-order valence-electron chi connectivity index (χ3n) is 7.86. The summed E-state index contributed by atoms with van der Waals surface area (Å²) in [4.78, 5) is 17.8. The maximum absolute atomic E-state index is 14.7. The smallest absolute Gasteiger partial charge is 0.141 e. The highest BCUT2D eigenvalue weighted by atomic mass is 19.1. The first-order valence-electron chi connectivity index (χ1n) is 10.1. The van der Waals surface area contributed by atoms with E-state index in [2.05, 4.69) is 4.98 Å². The first-order valence-corrected chi connectivity index (χ1v) is 10.1. The number of aromatic nitrogens is 2. The Bertz CT molecular complexity index is 936. The minimum absolute atomic E-state index is 0.229. The molecule has 4 aliphatic carbocycles. The van der Waals surface area contributed by atoms with Gasteiger partial charge in [0.2, 0.25) is 0 Å². The number of Topliss-reactive ketones (excluding diaryl/α,β-unsaturated/α-hetero) is 1. The van der Waals surface area contributed by atoms with E-state index in [1.54, 1.807) is 18.6 Å². The van der Waals surface area contributed by atoms with Crippen LogP contribution in [0, 0.1) is 29.0 Å². The van der Waals surface area contributed by atoms with Crippen LogP contribution in [0.4, 0.5) is 4.39 Å². The fourth-order valence-electron chi connectivity index (χ4n) is 6.93. The van der Waals surface area contributed by atoms with Gasteiger partial charge in [0.25, 0.3) is 0 Å². The second-order valence-electron chi connectivity index (χ2n) is 9.27. The van der Waals surface area contributed by atoms with E-state index in [0.29, 0.717) is 17.9 Å². The Morgan fingerprint density at radius 3 is 2.81 bits per heavy atom. The molecule has 140 valence electrons. The number of hydrogen-bond acceptors (Lipinski definition) is 3. The van der Waals surface area contributed by atoms with Crippen LogP contribution in [0.1, 0.15) is 50.1 Å². The minimum atomic E-state index is -0.302. The molecule has 27 heavy (non-hydrogen) atoms. The van der Waals surface area contributed by atoms with Gasteiger partial charge in [-0.3, -0.25) is 4.79 Å². The average Bonchev–Trinajstić information content (AvgIpc) is 3.22. The van der Waals surface area contributed by atoms with Gasteiger partial charge in [0.15, 0.2) is 0 Å². The molecule has 2 aromatic rings. The molecule has 3 atom stereocenters. The third kappa shape index (κ3) is 2.06. The standard InChI is InChI=1S/C22H23FN2O2/c23-16-3-1-2-15-18-10-24-11-25(18)17(20(15)16)6-19(26)22-7-12-4-13(8-22)21(27)14(5-12)9-22/h1-3,10-14,17,21,27H,4-9H2. The van der Waals surface area contributed by atoms with E-state index >= 15 is 0 Å². The van der Waals surface area contributed by atoms with Crippen LogP contribution in [-0.4, -0.2) is 26.5 Å². The molecule has 5 heteroatoms. The van der Waals surface area contributed by atoms with E-state index < -0.39 is 0 Å². The zero-order chi connectivity index (χ0) is 18.3. The number of ketones is 1. The van der Waals surface area contributed by atoms with Crippen LogP contribution in [-0.2, 0) is 4.79 Å². The fourth-order valence-corrected chi connectivity index (χ4v) is 6.93. The number of nitrogens with zero attached hydrogens (tertiary/aromatic N) is 2. The van der Waals surface area contributed by atoms with E-state index in [0.717, 1.165) is 43.4 Å². The molecular weight excluding hydrogens is 343 g/mol. The number of imidazole rings is 1. The summed E-state index contributed by atoms with van der Waals surface area (Å²) in [5.41, 5.74) is 2.08. The first kappa shape index (κ1) is 16.0. The Kier molecular flexibility index (Phi) is 3.13. The van der Waals surface area contributed by atoms with Gasteiger partial charge in [-0.25, -0.2) is 9.37 Å². The normalized spacial score (nSPS) is 38.1. The topological polar surface area (TPSA) is 55.1 Å². The Labute approximate surface area is 157 Å². The summed E-state index contributed by atoms with van der Waals surface area (Å²) in [5, 5.41) is 10.5. The number of hydrogen-bond donors (Lipinski definition) is 1. The zero-order valence-corrected chi connectivity index (χ0v) is 15.1. The van der Waals surface area contributed by atoms with E-state index in [4.69, 9.17) is 0 Å². The molecule has 4 saturated carbocycles. The highest BCUT2D eigenvalue weighted by Gasteiger charge is 2.58. The lowest BCUT2D eigenvalue weighted by atomic mass is 9.47. The van der Waals surface area contributed by atoms with Crippen molar-refractivity contribution < 1.29 is 14.3 Å². The predicted molar refractivity (Wildman–Crippen MR) is 97.4 cm³/mol. The van der Waals surface area contributed by atoms with Crippen LogP contribution in [0.3, 0.4) is 0 Å². The van der Waals surface area contributed by atoms with Crippen LogP contribution >= 0.6 is 0 Å². The van der Waals surface area contributed by atoms with Crippen molar-refractivity contribution in [3.8, 4) is 11.3 Å². The molecule has 1 aliphatic heterocycles. The minimum Gasteiger partial charge on any atom is -0.393 e. The Morgan fingerprint density at radius 1 is 1.26 bits per heavy atom. The van der Waals surface area contributed by atoms with Gasteiger partial charge in [-0.05, 0) is 55.9 Å². The van der Waals surface area contributed by atoms with Crippen molar-refractivity contribution in [3.05, 3.63) is 42.1 Å². The van der Waals surface area contributed by atoms with Crippen molar-refractivity contribution in [1.82, 2.24) is 9.55 Å². The lowest BCUT2D eigenvalue weighted by Crippen LogP contribution is -2.56. The van der Waals surface area contributed by atoms with E-state index in [9.17, 15) is 14.3 Å². The lowest BCUT2D eigenvalue weighted by Gasteiger charge is -2.58. The second-order valence-corrected chi connectivity index (χ2v) is 9.27. The van der Waals surface area contributed by atoms with E-state index in [1.165, 1.54) is 6.07 Å². The first-order chi connectivity index (χ1) is 13.1. The van der Waals surface area contributed by atoms with Crippen molar-refractivity contribution in [2.45, 2.75) is 50.7 Å². The van der Waals surface area contributed by atoms with Crippen molar-refractivity contribution in [1.29, 1.82) is 0 Å². The van der Waals surface area contributed by atoms with Gasteiger partial charge in [-0.15, -0.1) is 0 Å². The number of carbonyl (C=O) groups excluding carboxylic acids is 1. The zero-order valence-electron chi connectivity index (χ0n) is 15.1. The molecule has 4 fully saturated rings. The quantitative estimate of drug-likeness (QED) is 0.900. The molecule has 0 saturated heterocycles. The fraction of sp³-hybridized carbons (Fsp3) is 0.545. The summed E-state index contributed by atoms with van der Waals surface area (Å²) in [6.07, 6.45) is 8.28. The SMILES string of the molecule is O=C(CC1c2c(F)cccc2-c2cncn21)C12CC3CC(C1)C(O)C(C3)C2. The maximum atomic E-state index is 14.7. The van der Waals surface area contributed by atoms with Gasteiger partial charge >= 0.3 is 0 Å². The number of benzene rings is 1. The molecular formula is C22H23FN2O2. The lowest BCUT2D eigenvalue weighted by molar-refractivity contribution is -0.161. The second kappa shape index (κ2) is 5.28. The van der Waals surface area contributed by atoms with Crippen LogP contribution in [0.15, 0.2) is 30.7 Å². The number of halogens is 1. The summed E-state index contributed by atoms with van der Waals surface area (Å²) in [6.45, 7) is 0. The molecule has 0 spiro atoms. The summed E-state index contributed by atoms with van der Waals surface area (Å²) < 4.78 is 16.6.